The highest BCUT2D eigenvalue weighted by molar-refractivity contribution is 5.41. The smallest absolute Gasteiger partial charge is 0.419 e. The van der Waals surface area contributed by atoms with Gasteiger partial charge in [-0.1, -0.05) is 19.6 Å². The minimum absolute atomic E-state index is 0.145. The second-order valence-electron chi connectivity index (χ2n) is 3.23. The van der Waals surface area contributed by atoms with Crippen LogP contribution in [0.3, 0.4) is 0 Å². The summed E-state index contributed by atoms with van der Waals surface area (Å²) in [5.74, 6) is -0.145. The summed E-state index contributed by atoms with van der Waals surface area (Å²) in [6, 6.07) is 3.78. The molecule has 0 heterocycles. The Morgan fingerprint density at radius 1 is 1.38 bits per heavy atom. The monoisotopic (exact) mass is 229 g/mol. The van der Waals surface area contributed by atoms with Crippen LogP contribution in [0, 0.1) is 6.08 Å². The van der Waals surface area contributed by atoms with Crippen LogP contribution in [0.4, 0.5) is 13.2 Å². The van der Waals surface area contributed by atoms with Gasteiger partial charge in [-0.2, -0.15) is 13.2 Å². The first-order chi connectivity index (χ1) is 7.49. The molecule has 0 aliphatic heterocycles. The second kappa shape index (κ2) is 5.05. The summed E-state index contributed by atoms with van der Waals surface area (Å²) < 4.78 is 43.0. The van der Waals surface area contributed by atoms with E-state index in [1.807, 2.05) is 6.92 Å². The fourth-order valence-electron chi connectivity index (χ4n) is 1.20. The molecule has 0 unspecified atom stereocenters. The van der Waals surface area contributed by atoms with Gasteiger partial charge in [0, 0.05) is 0 Å². The average molecular weight is 229 g/mol. The molecule has 0 aromatic heterocycles. The summed E-state index contributed by atoms with van der Waals surface area (Å²) in [5, 5.41) is 0. The SMILES string of the molecule is C=[C]c1ccc(OCCC)c(C(F)(F)F)c1. The normalized spacial score (nSPS) is 11.2. The third-order valence-electron chi connectivity index (χ3n) is 1.95. The first-order valence-electron chi connectivity index (χ1n) is 4.86. The summed E-state index contributed by atoms with van der Waals surface area (Å²) in [6.07, 6.45) is -1.34. The lowest BCUT2D eigenvalue weighted by molar-refractivity contribution is -0.139. The molecule has 0 bridgehead atoms. The number of rotatable bonds is 4. The Bertz CT molecular complexity index is 369. The number of halogens is 3. The van der Waals surface area contributed by atoms with Crippen LogP contribution < -0.4 is 4.74 Å². The van der Waals surface area contributed by atoms with E-state index >= 15 is 0 Å². The third-order valence-corrected chi connectivity index (χ3v) is 1.95. The van der Waals surface area contributed by atoms with Crippen LogP contribution in [-0.4, -0.2) is 6.61 Å². The van der Waals surface area contributed by atoms with Gasteiger partial charge >= 0.3 is 6.18 Å². The Morgan fingerprint density at radius 2 is 2.06 bits per heavy atom. The lowest BCUT2D eigenvalue weighted by atomic mass is 10.1. The van der Waals surface area contributed by atoms with Crippen LogP contribution >= 0.6 is 0 Å². The molecular formula is C12H12F3O. The minimum atomic E-state index is -4.42. The highest BCUT2D eigenvalue weighted by Crippen LogP contribution is 2.36. The minimum Gasteiger partial charge on any atom is -0.493 e. The van der Waals surface area contributed by atoms with Crippen LogP contribution in [0.2, 0.25) is 0 Å². The van der Waals surface area contributed by atoms with E-state index in [0.717, 1.165) is 6.07 Å². The Hall–Kier alpha value is -1.45. The maximum atomic E-state index is 12.7. The number of hydrogen-bond acceptors (Lipinski definition) is 1. The van der Waals surface area contributed by atoms with Gasteiger partial charge in [0.1, 0.15) is 5.75 Å². The van der Waals surface area contributed by atoms with Crippen molar-refractivity contribution < 1.29 is 17.9 Å². The Morgan fingerprint density at radius 3 is 2.56 bits per heavy atom. The predicted molar refractivity (Wildman–Crippen MR) is 55.2 cm³/mol. The van der Waals surface area contributed by atoms with Gasteiger partial charge in [-0.25, -0.2) is 0 Å². The topological polar surface area (TPSA) is 9.23 Å². The van der Waals surface area contributed by atoms with Crippen molar-refractivity contribution in [3.05, 3.63) is 42.0 Å². The van der Waals surface area contributed by atoms with Crippen LogP contribution in [0.5, 0.6) is 5.75 Å². The zero-order chi connectivity index (χ0) is 12.2. The van der Waals surface area contributed by atoms with Gasteiger partial charge < -0.3 is 4.74 Å². The van der Waals surface area contributed by atoms with E-state index < -0.39 is 11.7 Å². The predicted octanol–water partition coefficient (Wildman–Crippen LogP) is 3.83. The van der Waals surface area contributed by atoms with E-state index in [4.69, 9.17) is 4.74 Å². The highest BCUT2D eigenvalue weighted by Gasteiger charge is 2.34. The van der Waals surface area contributed by atoms with Crippen molar-refractivity contribution in [2.75, 3.05) is 6.61 Å². The van der Waals surface area contributed by atoms with E-state index in [2.05, 4.69) is 12.7 Å². The highest BCUT2D eigenvalue weighted by atomic mass is 19.4. The van der Waals surface area contributed by atoms with Gasteiger partial charge in [-0.05, 0) is 30.2 Å². The molecule has 1 nitrogen and oxygen atoms in total. The molecule has 0 aliphatic carbocycles. The van der Waals surface area contributed by atoms with Gasteiger partial charge in [0.05, 0.1) is 12.2 Å². The summed E-state index contributed by atoms with van der Waals surface area (Å²) in [4.78, 5) is 0. The van der Waals surface area contributed by atoms with E-state index in [1.165, 1.54) is 12.1 Å². The van der Waals surface area contributed by atoms with Crippen LogP contribution in [0.1, 0.15) is 24.5 Å². The molecule has 0 atom stereocenters. The second-order valence-corrected chi connectivity index (χ2v) is 3.23. The molecule has 1 aromatic carbocycles. The molecule has 87 valence electrons. The van der Waals surface area contributed by atoms with Gasteiger partial charge in [-0.15, -0.1) is 0 Å². The largest absolute Gasteiger partial charge is 0.493 e. The van der Waals surface area contributed by atoms with Crippen molar-refractivity contribution in [2.24, 2.45) is 0 Å². The van der Waals surface area contributed by atoms with Crippen LogP contribution in [0.25, 0.3) is 0 Å². The maximum absolute atomic E-state index is 12.7. The molecule has 1 radical (unpaired) electrons. The Balaban J connectivity index is 3.11. The van der Waals surface area contributed by atoms with Crippen molar-refractivity contribution >= 4 is 0 Å². The lowest BCUT2D eigenvalue weighted by Crippen LogP contribution is -2.09. The van der Waals surface area contributed by atoms with Crippen molar-refractivity contribution in [1.29, 1.82) is 0 Å². The quantitative estimate of drug-likeness (QED) is 0.762. The van der Waals surface area contributed by atoms with Gasteiger partial charge in [0.2, 0.25) is 0 Å². The molecule has 4 heteroatoms. The molecule has 1 rings (SSSR count). The fourth-order valence-corrected chi connectivity index (χ4v) is 1.20. The van der Waals surface area contributed by atoms with E-state index in [-0.39, 0.29) is 12.4 Å². The van der Waals surface area contributed by atoms with Crippen molar-refractivity contribution in [1.82, 2.24) is 0 Å². The summed E-state index contributed by atoms with van der Waals surface area (Å²) in [6.45, 7) is 5.41. The third kappa shape index (κ3) is 3.02. The molecule has 1 aromatic rings. The van der Waals surface area contributed by atoms with Crippen molar-refractivity contribution in [2.45, 2.75) is 19.5 Å². The van der Waals surface area contributed by atoms with Crippen LogP contribution in [-0.2, 0) is 6.18 Å². The van der Waals surface area contributed by atoms with Crippen molar-refractivity contribution in [3.63, 3.8) is 0 Å². The van der Waals surface area contributed by atoms with Gasteiger partial charge in [0.25, 0.3) is 0 Å². The van der Waals surface area contributed by atoms with E-state index in [0.29, 0.717) is 12.0 Å². The van der Waals surface area contributed by atoms with E-state index in [9.17, 15) is 13.2 Å². The van der Waals surface area contributed by atoms with Gasteiger partial charge in [0.15, 0.2) is 0 Å². The average Bonchev–Trinajstić information content (AvgIpc) is 2.25. The molecule has 0 fully saturated rings. The molecule has 0 spiro atoms. The fraction of sp³-hybridized carbons (Fsp3) is 0.333. The number of benzene rings is 1. The van der Waals surface area contributed by atoms with E-state index in [1.54, 1.807) is 0 Å². The summed E-state index contributed by atoms with van der Waals surface area (Å²) >= 11 is 0. The molecule has 0 saturated carbocycles. The molecule has 0 aliphatic rings. The van der Waals surface area contributed by atoms with Gasteiger partial charge in [-0.3, -0.25) is 0 Å². The number of alkyl halides is 3. The Labute approximate surface area is 92.5 Å². The first-order valence-corrected chi connectivity index (χ1v) is 4.86. The standard InChI is InChI=1S/C12H12F3O/c1-3-7-16-11-6-5-9(4-2)8-10(11)12(13,14)15/h5-6,8H,2-3,7H2,1H3. The van der Waals surface area contributed by atoms with Crippen molar-refractivity contribution in [3.8, 4) is 5.75 Å². The number of ether oxygens (including phenoxy) is 1. The molecule has 16 heavy (non-hydrogen) atoms. The summed E-state index contributed by atoms with van der Waals surface area (Å²) in [5.41, 5.74) is -0.481. The molecule has 0 N–H and O–H groups in total. The first kappa shape index (κ1) is 12.6. The zero-order valence-corrected chi connectivity index (χ0v) is 8.90. The molecule has 0 amide bonds. The Kier molecular flexibility index (Phi) is 3.99. The number of hydrogen-bond donors (Lipinski definition) is 0. The zero-order valence-electron chi connectivity index (χ0n) is 8.90. The maximum Gasteiger partial charge on any atom is 0.419 e. The molecular weight excluding hydrogens is 217 g/mol. The van der Waals surface area contributed by atoms with Crippen LogP contribution in [0.15, 0.2) is 24.8 Å². The summed E-state index contributed by atoms with van der Waals surface area (Å²) in [7, 11) is 0. The molecule has 0 saturated heterocycles. The lowest BCUT2D eigenvalue weighted by Gasteiger charge is -2.14.